The van der Waals surface area contributed by atoms with Gasteiger partial charge >= 0.3 is 6.03 Å². The Hall–Kier alpha value is -2.28. The number of anilines is 1. The summed E-state index contributed by atoms with van der Waals surface area (Å²) in [6.07, 6.45) is 1.60. The number of rotatable bonds is 8. The molecule has 0 unspecified atom stereocenters. The third-order valence-corrected chi connectivity index (χ3v) is 5.92. The number of carbonyl (C=O) groups is 2. The van der Waals surface area contributed by atoms with E-state index in [1.165, 1.54) is 9.80 Å². The molecule has 7 heteroatoms. The molecule has 0 aliphatic carbocycles. The number of amides is 3. The standard InChI is InChI=1S/C22H34N4O3/c1-5-29-19-9-7-6-8-18(19)25-14-12-24(13-15-25)16-26-20(27)22(4,23-21(26)28)11-10-17(2)3/h6-9,17H,5,10-16H2,1-4H3,(H,23,28)/p+1/t22-/m0/s1. The van der Waals surface area contributed by atoms with Crippen LogP contribution in [-0.2, 0) is 4.79 Å². The first-order valence-corrected chi connectivity index (χ1v) is 10.8. The molecule has 0 saturated carbocycles. The zero-order valence-electron chi connectivity index (χ0n) is 18.2. The highest BCUT2D eigenvalue weighted by atomic mass is 16.5. The summed E-state index contributed by atoms with van der Waals surface area (Å²) in [5, 5.41) is 2.93. The van der Waals surface area contributed by atoms with E-state index in [4.69, 9.17) is 4.74 Å². The van der Waals surface area contributed by atoms with Crippen molar-refractivity contribution in [2.75, 3.05) is 44.4 Å². The van der Waals surface area contributed by atoms with Gasteiger partial charge in [-0.2, -0.15) is 0 Å². The van der Waals surface area contributed by atoms with E-state index in [9.17, 15) is 9.59 Å². The van der Waals surface area contributed by atoms with Gasteiger partial charge in [0.2, 0.25) is 0 Å². The number of hydrogen-bond acceptors (Lipinski definition) is 4. The molecule has 2 fully saturated rings. The molecular weight excluding hydrogens is 368 g/mol. The van der Waals surface area contributed by atoms with E-state index in [-0.39, 0.29) is 11.9 Å². The van der Waals surface area contributed by atoms with E-state index >= 15 is 0 Å². The van der Waals surface area contributed by atoms with Crippen molar-refractivity contribution in [3.05, 3.63) is 24.3 Å². The molecule has 3 rings (SSSR count). The Kier molecular flexibility index (Phi) is 6.67. The number of para-hydroxylation sites is 2. The first-order valence-electron chi connectivity index (χ1n) is 10.8. The van der Waals surface area contributed by atoms with Gasteiger partial charge in [-0.3, -0.25) is 4.79 Å². The molecule has 0 aromatic heterocycles. The summed E-state index contributed by atoms with van der Waals surface area (Å²) in [5.41, 5.74) is 0.351. The predicted octanol–water partition coefficient (Wildman–Crippen LogP) is 1.49. The number of hydrogen-bond donors (Lipinski definition) is 2. The smallest absolute Gasteiger partial charge is 0.329 e. The fourth-order valence-electron chi connectivity index (χ4n) is 4.08. The summed E-state index contributed by atoms with van der Waals surface area (Å²) in [7, 11) is 0. The number of carbonyl (C=O) groups excluding carboxylic acids is 2. The van der Waals surface area contributed by atoms with Crippen LogP contribution in [-0.4, -0.2) is 61.8 Å². The van der Waals surface area contributed by atoms with Crippen molar-refractivity contribution in [2.24, 2.45) is 5.92 Å². The number of urea groups is 1. The Bertz CT molecular complexity index is 731. The van der Waals surface area contributed by atoms with E-state index in [2.05, 4.69) is 30.1 Å². The minimum Gasteiger partial charge on any atom is -0.492 e. The molecule has 1 aromatic rings. The van der Waals surface area contributed by atoms with Crippen molar-refractivity contribution in [2.45, 2.75) is 46.1 Å². The van der Waals surface area contributed by atoms with E-state index < -0.39 is 5.54 Å². The minimum atomic E-state index is -0.765. The molecule has 1 atom stereocenters. The van der Waals surface area contributed by atoms with Crippen LogP contribution in [0.15, 0.2) is 24.3 Å². The Morgan fingerprint density at radius 3 is 2.55 bits per heavy atom. The van der Waals surface area contributed by atoms with Gasteiger partial charge in [-0.15, -0.1) is 0 Å². The number of imide groups is 1. The molecular formula is C22H35N4O3+. The topological polar surface area (TPSA) is 66.3 Å². The van der Waals surface area contributed by atoms with Crippen molar-refractivity contribution in [3.8, 4) is 5.75 Å². The summed E-state index contributed by atoms with van der Waals surface area (Å²) in [4.78, 5) is 30.4. The highest BCUT2D eigenvalue weighted by Gasteiger charge is 2.48. The first-order chi connectivity index (χ1) is 13.8. The molecule has 2 aliphatic rings. The molecule has 0 bridgehead atoms. The van der Waals surface area contributed by atoms with Gasteiger partial charge in [-0.05, 0) is 44.7 Å². The maximum Gasteiger partial charge on any atom is 0.329 e. The molecule has 0 spiro atoms. The zero-order valence-corrected chi connectivity index (χ0v) is 18.2. The lowest BCUT2D eigenvalue weighted by Gasteiger charge is -2.35. The highest BCUT2D eigenvalue weighted by molar-refractivity contribution is 6.06. The number of nitrogens with one attached hydrogen (secondary N) is 2. The predicted molar refractivity (Wildman–Crippen MR) is 113 cm³/mol. The van der Waals surface area contributed by atoms with Crippen molar-refractivity contribution >= 4 is 17.6 Å². The zero-order chi connectivity index (χ0) is 21.0. The molecule has 1 aromatic carbocycles. The molecule has 160 valence electrons. The molecule has 2 N–H and O–H groups in total. The van der Waals surface area contributed by atoms with E-state index in [1.807, 2.05) is 32.0 Å². The van der Waals surface area contributed by atoms with Crippen LogP contribution in [0, 0.1) is 5.92 Å². The van der Waals surface area contributed by atoms with Crippen LogP contribution in [0.25, 0.3) is 0 Å². The summed E-state index contributed by atoms with van der Waals surface area (Å²) >= 11 is 0. The highest BCUT2D eigenvalue weighted by Crippen LogP contribution is 2.28. The largest absolute Gasteiger partial charge is 0.492 e. The maximum absolute atomic E-state index is 12.9. The summed E-state index contributed by atoms with van der Waals surface area (Å²) in [6.45, 7) is 12.7. The molecule has 2 aliphatic heterocycles. The number of quaternary nitrogens is 1. The van der Waals surface area contributed by atoms with E-state index in [0.29, 0.717) is 25.6 Å². The Morgan fingerprint density at radius 1 is 1.21 bits per heavy atom. The average Bonchev–Trinajstić information content (AvgIpc) is 2.91. The second-order valence-electron chi connectivity index (χ2n) is 8.72. The van der Waals surface area contributed by atoms with Gasteiger partial charge < -0.3 is 19.9 Å². The molecule has 0 radical (unpaired) electrons. The van der Waals surface area contributed by atoms with E-state index in [1.54, 1.807) is 0 Å². The normalized spacial score (nSPS) is 23.1. The lowest BCUT2D eigenvalue weighted by molar-refractivity contribution is -0.907. The van der Waals surface area contributed by atoms with Gasteiger partial charge in [0.1, 0.15) is 11.3 Å². The minimum absolute atomic E-state index is 0.0835. The lowest BCUT2D eigenvalue weighted by atomic mass is 9.92. The van der Waals surface area contributed by atoms with Gasteiger partial charge in [0, 0.05) is 0 Å². The molecule has 2 heterocycles. The van der Waals surface area contributed by atoms with Crippen LogP contribution in [0.2, 0.25) is 0 Å². The number of benzene rings is 1. The third-order valence-electron chi connectivity index (χ3n) is 5.92. The van der Waals surface area contributed by atoms with E-state index in [0.717, 1.165) is 44.0 Å². The molecule has 2 saturated heterocycles. The lowest BCUT2D eigenvalue weighted by Crippen LogP contribution is -3.16. The second-order valence-corrected chi connectivity index (χ2v) is 8.72. The first kappa shape index (κ1) is 21.4. The summed E-state index contributed by atoms with van der Waals surface area (Å²) < 4.78 is 5.76. The van der Waals surface area contributed by atoms with Crippen LogP contribution in [0.1, 0.15) is 40.5 Å². The molecule has 29 heavy (non-hydrogen) atoms. The fourth-order valence-corrected chi connectivity index (χ4v) is 4.08. The van der Waals surface area contributed by atoms with Crippen LogP contribution in [0.5, 0.6) is 5.75 Å². The van der Waals surface area contributed by atoms with Gasteiger partial charge in [-0.1, -0.05) is 26.0 Å². The monoisotopic (exact) mass is 403 g/mol. The third kappa shape index (κ3) is 4.83. The average molecular weight is 404 g/mol. The van der Waals surface area contributed by atoms with Gasteiger partial charge in [0.25, 0.3) is 5.91 Å². The quantitative estimate of drug-likeness (QED) is 0.646. The molecule has 3 amide bonds. The van der Waals surface area contributed by atoms with Gasteiger partial charge in [-0.25, -0.2) is 9.69 Å². The van der Waals surface area contributed by atoms with Crippen molar-refractivity contribution < 1.29 is 19.2 Å². The Labute approximate surface area is 174 Å². The van der Waals surface area contributed by atoms with Crippen LogP contribution < -0.4 is 19.9 Å². The Balaban J connectivity index is 1.57. The van der Waals surface area contributed by atoms with Crippen LogP contribution >= 0.6 is 0 Å². The summed E-state index contributed by atoms with van der Waals surface area (Å²) in [5.74, 6) is 1.33. The SMILES string of the molecule is CCOc1ccccc1N1CC[NH+](CN2C(=O)N[C@@](C)(CCC(C)C)C2=O)CC1. The number of nitrogens with zero attached hydrogens (tertiary/aromatic N) is 2. The summed E-state index contributed by atoms with van der Waals surface area (Å²) in [6, 6.07) is 7.86. The second kappa shape index (κ2) is 9.03. The van der Waals surface area contributed by atoms with Gasteiger partial charge in [0.15, 0.2) is 6.67 Å². The Morgan fingerprint density at radius 2 is 1.90 bits per heavy atom. The maximum atomic E-state index is 12.9. The molecule has 7 nitrogen and oxygen atoms in total. The van der Waals surface area contributed by atoms with Crippen molar-refractivity contribution in [1.82, 2.24) is 10.2 Å². The van der Waals surface area contributed by atoms with Crippen molar-refractivity contribution in [1.29, 1.82) is 0 Å². The number of piperazine rings is 1. The van der Waals surface area contributed by atoms with Crippen molar-refractivity contribution in [3.63, 3.8) is 0 Å². The van der Waals surface area contributed by atoms with Crippen LogP contribution in [0.4, 0.5) is 10.5 Å². The number of ether oxygens (including phenoxy) is 1. The fraction of sp³-hybridized carbons (Fsp3) is 0.636. The van der Waals surface area contributed by atoms with Crippen LogP contribution in [0.3, 0.4) is 0 Å². The van der Waals surface area contributed by atoms with Gasteiger partial charge in [0.05, 0.1) is 38.5 Å².